The molecule has 0 radical (unpaired) electrons. The van der Waals surface area contributed by atoms with Gasteiger partial charge in [-0.3, -0.25) is 9.59 Å². The van der Waals surface area contributed by atoms with E-state index in [2.05, 4.69) is 0 Å². The molecule has 2 atom stereocenters. The molecular weight excluding hydrogens is 234 g/mol. The molecule has 106 valence electrons. The molecule has 0 aliphatic rings. The number of rotatable bonds is 4. The molecule has 5 nitrogen and oxygen atoms in total. The summed E-state index contributed by atoms with van der Waals surface area (Å²) in [6, 6.07) is -0.528. The molecule has 0 aromatic rings. The lowest BCUT2D eigenvalue weighted by atomic mass is 9.83. The van der Waals surface area contributed by atoms with E-state index >= 15 is 0 Å². The highest BCUT2D eigenvalue weighted by Gasteiger charge is 2.35. The standard InChI is InChI=1S/C13H25NO4/c1-12(2,3)10(14)8(7-9(15)16)18-11(17)13(4,5)6/h8,10H,7,14H2,1-6H3,(H,15,16). The molecular formula is C13H25NO4. The monoisotopic (exact) mass is 259 g/mol. The number of nitrogens with two attached hydrogens (primary N) is 1. The molecule has 0 saturated heterocycles. The van der Waals surface area contributed by atoms with Gasteiger partial charge in [0.1, 0.15) is 6.10 Å². The molecule has 0 aromatic carbocycles. The van der Waals surface area contributed by atoms with Crippen molar-refractivity contribution < 1.29 is 19.4 Å². The summed E-state index contributed by atoms with van der Waals surface area (Å²) in [5.74, 6) is -1.46. The van der Waals surface area contributed by atoms with E-state index in [9.17, 15) is 9.59 Å². The maximum atomic E-state index is 11.8. The van der Waals surface area contributed by atoms with Crippen molar-refractivity contribution in [1.29, 1.82) is 0 Å². The lowest BCUT2D eigenvalue weighted by Gasteiger charge is -2.34. The predicted molar refractivity (Wildman–Crippen MR) is 69.0 cm³/mol. The lowest BCUT2D eigenvalue weighted by molar-refractivity contribution is -0.163. The van der Waals surface area contributed by atoms with Crippen LogP contribution in [0.1, 0.15) is 48.0 Å². The number of carbonyl (C=O) groups is 2. The van der Waals surface area contributed by atoms with Gasteiger partial charge in [0.15, 0.2) is 0 Å². The van der Waals surface area contributed by atoms with Crippen molar-refractivity contribution in [3.63, 3.8) is 0 Å². The second-order valence-corrected chi connectivity index (χ2v) is 6.68. The van der Waals surface area contributed by atoms with Gasteiger partial charge in [-0.15, -0.1) is 0 Å². The SMILES string of the molecule is CC(C)(C)C(=O)OC(CC(=O)O)C(N)C(C)(C)C. The molecule has 2 unspecified atom stereocenters. The van der Waals surface area contributed by atoms with E-state index in [1.54, 1.807) is 20.8 Å². The third-order valence-corrected chi connectivity index (χ3v) is 2.65. The maximum Gasteiger partial charge on any atom is 0.311 e. The Labute approximate surface area is 109 Å². The Morgan fingerprint density at radius 2 is 1.61 bits per heavy atom. The third-order valence-electron chi connectivity index (χ3n) is 2.65. The van der Waals surface area contributed by atoms with Crippen LogP contribution in [0, 0.1) is 10.8 Å². The number of ether oxygens (including phenoxy) is 1. The Kier molecular flexibility index (Phi) is 5.35. The predicted octanol–water partition coefficient (Wildman–Crippen LogP) is 1.79. The normalized spacial score (nSPS) is 15.9. The van der Waals surface area contributed by atoms with Crippen LogP contribution in [0.2, 0.25) is 0 Å². The highest BCUT2D eigenvalue weighted by molar-refractivity contribution is 5.76. The van der Waals surface area contributed by atoms with Gasteiger partial charge in [0.05, 0.1) is 11.8 Å². The summed E-state index contributed by atoms with van der Waals surface area (Å²) >= 11 is 0. The summed E-state index contributed by atoms with van der Waals surface area (Å²) in [6.07, 6.45) is -1.09. The van der Waals surface area contributed by atoms with Gasteiger partial charge in [-0.25, -0.2) is 0 Å². The first-order valence-corrected chi connectivity index (χ1v) is 6.04. The van der Waals surface area contributed by atoms with Gasteiger partial charge in [0.25, 0.3) is 0 Å². The van der Waals surface area contributed by atoms with Gasteiger partial charge in [0.2, 0.25) is 0 Å². The van der Waals surface area contributed by atoms with Crippen molar-refractivity contribution in [3.8, 4) is 0 Å². The zero-order valence-electron chi connectivity index (χ0n) is 12.1. The molecule has 0 aliphatic heterocycles. The highest BCUT2D eigenvalue weighted by Crippen LogP contribution is 2.25. The molecule has 0 heterocycles. The van der Waals surface area contributed by atoms with E-state index in [4.69, 9.17) is 15.6 Å². The molecule has 0 aromatic heterocycles. The molecule has 5 heteroatoms. The Hall–Kier alpha value is -1.10. The van der Waals surface area contributed by atoms with Gasteiger partial charge in [0, 0.05) is 6.04 Å². The number of hydrogen-bond donors (Lipinski definition) is 2. The van der Waals surface area contributed by atoms with Crippen LogP contribution in [0.15, 0.2) is 0 Å². The fraction of sp³-hybridized carbons (Fsp3) is 0.846. The Morgan fingerprint density at radius 3 is 1.89 bits per heavy atom. The van der Waals surface area contributed by atoms with Crippen LogP contribution in [0.3, 0.4) is 0 Å². The molecule has 0 aliphatic carbocycles. The molecule has 0 spiro atoms. The Morgan fingerprint density at radius 1 is 1.17 bits per heavy atom. The summed E-state index contributed by atoms with van der Waals surface area (Å²) in [5, 5.41) is 8.87. The van der Waals surface area contributed by atoms with Crippen LogP contribution < -0.4 is 5.73 Å². The van der Waals surface area contributed by atoms with Crippen molar-refractivity contribution in [2.75, 3.05) is 0 Å². The van der Waals surface area contributed by atoms with Crippen molar-refractivity contribution in [3.05, 3.63) is 0 Å². The average molecular weight is 259 g/mol. The largest absolute Gasteiger partial charge is 0.481 e. The van der Waals surface area contributed by atoms with E-state index in [-0.39, 0.29) is 11.8 Å². The van der Waals surface area contributed by atoms with E-state index < -0.39 is 29.5 Å². The molecule has 0 rings (SSSR count). The number of hydrogen-bond acceptors (Lipinski definition) is 4. The van der Waals surface area contributed by atoms with E-state index in [1.807, 2.05) is 20.8 Å². The first-order chi connectivity index (χ1) is 7.85. The van der Waals surface area contributed by atoms with Gasteiger partial charge < -0.3 is 15.6 Å². The van der Waals surface area contributed by atoms with Crippen LogP contribution in [-0.4, -0.2) is 29.2 Å². The number of carbonyl (C=O) groups excluding carboxylic acids is 1. The average Bonchev–Trinajstić information content (AvgIpc) is 2.11. The zero-order valence-corrected chi connectivity index (χ0v) is 12.1. The summed E-state index contributed by atoms with van der Waals surface area (Å²) in [6.45, 7) is 10.8. The topological polar surface area (TPSA) is 89.6 Å². The van der Waals surface area contributed by atoms with Crippen LogP contribution in [-0.2, 0) is 14.3 Å². The summed E-state index contributed by atoms with van der Waals surface area (Å²) < 4.78 is 5.27. The first-order valence-electron chi connectivity index (χ1n) is 6.04. The first kappa shape index (κ1) is 16.9. The van der Waals surface area contributed by atoms with Gasteiger partial charge in [-0.1, -0.05) is 20.8 Å². The number of esters is 1. The van der Waals surface area contributed by atoms with Crippen LogP contribution in [0.25, 0.3) is 0 Å². The van der Waals surface area contributed by atoms with Crippen molar-refractivity contribution in [1.82, 2.24) is 0 Å². The summed E-state index contributed by atoms with van der Waals surface area (Å²) in [5.41, 5.74) is 4.99. The van der Waals surface area contributed by atoms with Crippen molar-refractivity contribution >= 4 is 11.9 Å². The molecule has 0 amide bonds. The fourth-order valence-corrected chi connectivity index (χ4v) is 1.29. The summed E-state index contributed by atoms with van der Waals surface area (Å²) in [7, 11) is 0. The number of carboxylic acids is 1. The Bertz CT molecular complexity index is 312. The smallest absolute Gasteiger partial charge is 0.311 e. The van der Waals surface area contributed by atoms with Crippen LogP contribution in [0.5, 0.6) is 0 Å². The maximum absolute atomic E-state index is 11.8. The second kappa shape index (κ2) is 5.69. The molecule has 3 N–H and O–H groups in total. The number of aliphatic carboxylic acids is 1. The Balaban J connectivity index is 4.92. The van der Waals surface area contributed by atoms with Gasteiger partial charge >= 0.3 is 11.9 Å². The molecule has 0 bridgehead atoms. The van der Waals surface area contributed by atoms with Gasteiger partial charge in [-0.2, -0.15) is 0 Å². The van der Waals surface area contributed by atoms with E-state index in [0.29, 0.717) is 0 Å². The fourth-order valence-electron chi connectivity index (χ4n) is 1.29. The van der Waals surface area contributed by atoms with Gasteiger partial charge in [-0.05, 0) is 26.2 Å². The second-order valence-electron chi connectivity index (χ2n) is 6.68. The molecule has 0 saturated carbocycles. The number of carboxylic acid groups (broad SMARTS) is 1. The van der Waals surface area contributed by atoms with Crippen molar-refractivity contribution in [2.24, 2.45) is 16.6 Å². The van der Waals surface area contributed by atoms with E-state index in [1.165, 1.54) is 0 Å². The third kappa shape index (κ3) is 5.49. The lowest BCUT2D eigenvalue weighted by Crippen LogP contribution is -2.49. The van der Waals surface area contributed by atoms with Crippen LogP contribution >= 0.6 is 0 Å². The minimum atomic E-state index is -1.03. The quantitative estimate of drug-likeness (QED) is 0.751. The van der Waals surface area contributed by atoms with E-state index in [0.717, 1.165) is 0 Å². The highest BCUT2D eigenvalue weighted by atomic mass is 16.5. The summed E-state index contributed by atoms with van der Waals surface area (Å²) in [4.78, 5) is 22.6. The molecule has 18 heavy (non-hydrogen) atoms. The van der Waals surface area contributed by atoms with Crippen molar-refractivity contribution in [2.45, 2.75) is 60.1 Å². The minimum Gasteiger partial charge on any atom is -0.481 e. The molecule has 0 fully saturated rings. The zero-order chi connectivity index (χ0) is 14.7. The van der Waals surface area contributed by atoms with Crippen LogP contribution in [0.4, 0.5) is 0 Å². The minimum absolute atomic E-state index is 0.278.